The maximum atomic E-state index is 14.1. The Labute approximate surface area is 253 Å². The molecule has 0 saturated heterocycles. The Morgan fingerprint density at radius 3 is 2.71 bits per heavy atom. The van der Waals surface area contributed by atoms with Crippen molar-refractivity contribution in [2.75, 3.05) is 7.11 Å². The SMILES string of the molecule is COc1ccccc1[C@H]1C2=C(N=c3s/c(=C\c4ccc(Sc5nc6ccccc6s5)o4)c(=O)n31)c1ccccc1CC2. The van der Waals surface area contributed by atoms with Gasteiger partial charge in [-0.15, -0.1) is 11.3 Å². The predicted molar refractivity (Wildman–Crippen MR) is 168 cm³/mol. The molecule has 0 radical (unpaired) electrons. The molecule has 3 aromatic carbocycles. The van der Waals surface area contributed by atoms with Crippen LogP contribution in [0, 0.1) is 0 Å². The summed E-state index contributed by atoms with van der Waals surface area (Å²) in [6.45, 7) is 0. The van der Waals surface area contributed by atoms with Crippen molar-refractivity contribution in [3.63, 3.8) is 0 Å². The molecule has 42 heavy (non-hydrogen) atoms. The van der Waals surface area contributed by atoms with E-state index in [0.717, 1.165) is 60.6 Å². The maximum Gasteiger partial charge on any atom is 0.271 e. The van der Waals surface area contributed by atoms with Gasteiger partial charge in [0.05, 0.1) is 33.6 Å². The number of aryl methyl sites for hydroxylation is 1. The van der Waals surface area contributed by atoms with E-state index < -0.39 is 0 Å². The molecule has 8 rings (SSSR count). The van der Waals surface area contributed by atoms with Gasteiger partial charge in [0.1, 0.15) is 11.5 Å². The van der Waals surface area contributed by atoms with Gasteiger partial charge in [-0.1, -0.05) is 65.9 Å². The summed E-state index contributed by atoms with van der Waals surface area (Å²) in [6.07, 6.45) is 3.55. The van der Waals surface area contributed by atoms with Crippen molar-refractivity contribution >= 4 is 56.4 Å². The topological polar surface area (TPSA) is 69.6 Å². The minimum absolute atomic E-state index is 0.0863. The van der Waals surface area contributed by atoms with Crippen LogP contribution >= 0.6 is 34.4 Å². The number of para-hydroxylation sites is 2. The third-order valence-corrected chi connectivity index (χ3v) is 10.6. The lowest BCUT2D eigenvalue weighted by atomic mass is 9.83. The average Bonchev–Trinajstić information content (AvgIpc) is 3.73. The molecular weight excluding hydrogens is 583 g/mol. The van der Waals surface area contributed by atoms with E-state index in [1.807, 2.05) is 59.2 Å². The number of benzene rings is 3. The van der Waals surface area contributed by atoms with Crippen molar-refractivity contribution in [2.45, 2.75) is 28.3 Å². The van der Waals surface area contributed by atoms with Gasteiger partial charge >= 0.3 is 0 Å². The molecule has 6 aromatic rings. The molecule has 0 spiro atoms. The van der Waals surface area contributed by atoms with Crippen LogP contribution in [0.3, 0.4) is 0 Å². The maximum absolute atomic E-state index is 14.1. The van der Waals surface area contributed by atoms with Crippen molar-refractivity contribution in [2.24, 2.45) is 4.99 Å². The molecule has 9 heteroatoms. The lowest BCUT2D eigenvalue weighted by molar-refractivity contribution is 0.402. The summed E-state index contributed by atoms with van der Waals surface area (Å²) >= 11 is 4.51. The van der Waals surface area contributed by atoms with E-state index >= 15 is 0 Å². The fourth-order valence-electron chi connectivity index (χ4n) is 5.77. The zero-order valence-corrected chi connectivity index (χ0v) is 24.9. The summed E-state index contributed by atoms with van der Waals surface area (Å²) in [5.41, 5.74) is 6.38. The summed E-state index contributed by atoms with van der Waals surface area (Å²) in [6, 6.07) is 28.0. The fraction of sp³-hybridized carbons (Fsp3) is 0.121. The normalized spacial score (nSPS) is 16.2. The van der Waals surface area contributed by atoms with Gasteiger partial charge in [-0.05, 0) is 66.1 Å². The summed E-state index contributed by atoms with van der Waals surface area (Å²) < 4.78 is 16.4. The fourth-order valence-corrected chi connectivity index (χ4v) is 8.72. The van der Waals surface area contributed by atoms with Crippen LogP contribution in [0.4, 0.5) is 0 Å². The highest BCUT2D eigenvalue weighted by molar-refractivity contribution is 8.01. The number of fused-ring (bicyclic) bond motifs is 4. The quantitative estimate of drug-likeness (QED) is 0.219. The number of aromatic nitrogens is 2. The largest absolute Gasteiger partial charge is 0.496 e. The molecule has 2 aliphatic rings. The van der Waals surface area contributed by atoms with Gasteiger partial charge in [0, 0.05) is 17.2 Å². The second kappa shape index (κ2) is 10.3. The van der Waals surface area contributed by atoms with Crippen LogP contribution in [-0.2, 0) is 6.42 Å². The molecule has 6 nitrogen and oxygen atoms in total. The molecule has 0 unspecified atom stereocenters. The van der Waals surface area contributed by atoms with Crippen LogP contribution in [-0.4, -0.2) is 16.7 Å². The van der Waals surface area contributed by atoms with Crippen molar-refractivity contribution in [1.82, 2.24) is 9.55 Å². The molecule has 0 N–H and O–H groups in total. The number of nitrogens with zero attached hydrogens (tertiary/aromatic N) is 3. The summed E-state index contributed by atoms with van der Waals surface area (Å²) in [7, 11) is 1.68. The Morgan fingerprint density at radius 1 is 0.976 bits per heavy atom. The van der Waals surface area contributed by atoms with Gasteiger partial charge in [0.2, 0.25) is 0 Å². The number of hydrogen-bond acceptors (Lipinski definition) is 8. The summed E-state index contributed by atoms with van der Waals surface area (Å²) in [5, 5.41) is 0.729. The predicted octanol–water partition coefficient (Wildman–Crippen LogP) is 6.68. The van der Waals surface area contributed by atoms with Crippen LogP contribution in [0.1, 0.15) is 34.9 Å². The molecule has 4 heterocycles. The first-order valence-electron chi connectivity index (χ1n) is 13.6. The molecular formula is C33H23N3O3S3. The van der Waals surface area contributed by atoms with Gasteiger partial charge < -0.3 is 9.15 Å². The van der Waals surface area contributed by atoms with E-state index in [1.165, 1.54) is 28.7 Å². The van der Waals surface area contributed by atoms with Gasteiger partial charge in [-0.2, -0.15) is 0 Å². The first-order valence-corrected chi connectivity index (χ1v) is 16.0. The Morgan fingerprint density at radius 2 is 1.81 bits per heavy atom. The van der Waals surface area contributed by atoms with Crippen molar-refractivity contribution in [3.05, 3.63) is 133 Å². The first kappa shape index (κ1) is 25.5. The molecule has 0 bridgehead atoms. The van der Waals surface area contributed by atoms with Crippen molar-refractivity contribution < 1.29 is 9.15 Å². The molecule has 1 aliphatic heterocycles. The zero-order chi connectivity index (χ0) is 28.2. The zero-order valence-electron chi connectivity index (χ0n) is 22.4. The summed E-state index contributed by atoms with van der Waals surface area (Å²) in [4.78, 5) is 24.6. The standard InChI is InChI=1S/C33H23N3O3S3/c1-38-25-12-6-4-10-22(25)30-23-16-14-19-8-2-3-9-21(19)29(23)35-32-36(30)31(37)27(40-32)18-20-15-17-28(39-20)42-33-34-24-11-5-7-13-26(24)41-33/h2-13,15,17-18,30H,14,16H2,1H3/b27-18-/t30-/m0/s1. The molecule has 3 aromatic heterocycles. The lowest BCUT2D eigenvalue weighted by Gasteiger charge is -2.31. The number of thiazole rings is 2. The molecule has 0 amide bonds. The van der Waals surface area contributed by atoms with Gasteiger partial charge in [0.15, 0.2) is 14.2 Å². The smallest absolute Gasteiger partial charge is 0.271 e. The van der Waals surface area contributed by atoms with Gasteiger partial charge in [0.25, 0.3) is 5.56 Å². The Bertz CT molecular complexity index is 2190. The van der Waals surface area contributed by atoms with Crippen LogP contribution in [0.2, 0.25) is 0 Å². The van der Waals surface area contributed by atoms with E-state index in [9.17, 15) is 4.79 Å². The van der Waals surface area contributed by atoms with Crippen LogP contribution in [0.5, 0.6) is 5.75 Å². The minimum Gasteiger partial charge on any atom is -0.496 e. The Kier molecular flexibility index (Phi) is 6.24. The number of ether oxygens (including phenoxy) is 1. The Balaban J connectivity index is 1.24. The van der Waals surface area contributed by atoms with Crippen LogP contribution < -0.4 is 19.6 Å². The number of allylic oxidation sites excluding steroid dienone is 1. The second-order valence-corrected chi connectivity index (χ2v) is 13.4. The van der Waals surface area contributed by atoms with E-state index in [1.54, 1.807) is 18.4 Å². The van der Waals surface area contributed by atoms with Crippen LogP contribution in [0.15, 0.2) is 114 Å². The molecule has 0 saturated carbocycles. The van der Waals surface area contributed by atoms with Gasteiger partial charge in [-0.25, -0.2) is 9.98 Å². The van der Waals surface area contributed by atoms with E-state index in [0.29, 0.717) is 15.1 Å². The number of furan rings is 1. The minimum atomic E-state index is -0.301. The highest BCUT2D eigenvalue weighted by Crippen LogP contribution is 2.43. The molecule has 1 atom stereocenters. The van der Waals surface area contributed by atoms with Crippen molar-refractivity contribution in [1.29, 1.82) is 0 Å². The molecule has 206 valence electrons. The number of methoxy groups -OCH3 is 1. The summed E-state index contributed by atoms with van der Waals surface area (Å²) in [5.74, 6) is 1.37. The monoisotopic (exact) mass is 605 g/mol. The first-order chi connectivity index (χ1) is 20.7. The molecule has 0 fully saturated rings. The third-order valence-electron chi connectivity index (χ3n) is 7.64. The molecule has 1 aliphatic carbocycles. The lowest BCUT2D eigenvalue weighted by Crippen LogP contribution is -2.38. The van der Waals surface area contributed by atoms with Gasteiger partial charge in [-0.3, -0.25) is 9.36 Å². The average molecular weight is 606 g/mol. The van der Waals surface area contributed by atoms with E-state index in [4.69, 9.17) is 19.1 Å². The second-order valence-electron chi connectivity index (χ2n) is 10.1. The highest BCUT2D eigenvalue weighted by atomic mass is 32.2. The Hall–Kier alpha value is -4.18. The third kappa shape index (κ3) is 4.27. The van der Waals surface area contributed by atoms with E-state index in [2.05, 4.69) is 36.4 Å². The number of rotatable bonds is 5. The highest BCUT2D eigenvalue weighted by Gasteiger charge is 2.34. The van der Waals surface area contributed by atoms with Crippen molar-refractivity contribution in [3.8, 4) is 5.75 Å². The number of hydrogen-bond donors (Lipinski definition) is 0. The van der Waals surface area contributed by atoms with Crippen LogP contribution in [0.25, 0.3) is 22.0 Å². The van der Waals surface area contributed by atoms with E-state index in [-0.39, 0.29) is 11.6 Å².